The van der Waals surface area contributed by atoms with Crippen LogP contribution in [0.4, 0.5) is 5.69 Å². The van der Waals surface area contributed by atoms with Gasteiger partial charge in [0.2, 0.25) is 0 Å². The van der Waals surface area contributed by atoms with Gasteiger partial charge in [0.15, 0.2) is 0 Å². The number of carboxylic acids is 1. The first kappa shape index (κ1) is 18.8. The van der Waals surface area contributed by atoms with Crippen LogP contribution in [-0.2, 0) is 4.79 Å². The predicted molar refractivity (Wildman–Crippen MR) is 102 cm³/mol. The van der Waals surface area contributed by atoms with Crippen molar-refractivity contribution >= 4 is 17.6 Å². The number of aliphatic carboxylic acids is 1. The summed E-state index contributed by atoms with van der Waals surface area (Å²) in [7, 11) is 1.57. The first-order chi connectivity index (χ1) is 13.0. The highest BCUT2D eigenvalue weighted by molar-refractivity contribution is 6.06. The molecule has 2 N–H and O–H groups in total. The van der Waals surface area contributed by atoms with Gasteiger partial charge in [0, 0.05) is 11.8 Å². The highest BCUT2D eigenvalue weighted by Crippen LogP contribution is 2.32. The average Bonchev–Trinajstić information content (AvgIpc) is 3.50. The molecule has 1 aliphatic carbocycles. The second kappa shape index (κ2) is 8.12. The van der Waals surface area contributed by atoms with Gasteiger partial charge in [-0.15, -0.1) is 0 Å². The predicted octanol–water partition coefficient (Wildman–Crippen LogP) is 3.92. The molecule has 2 aromatic rings. The number of benzene rings is 2. The molecule has 142 valence electrons. The van der Waals surface area contributed by atoms with E-state index in [0.29, 0.717) is 40.8 Å². The van der Waals surface area contributed by atoms with Crippen molar-refractivity contribution in [2.45, 2.75) is 25.7 Å². The quantitative estimate of drug-likeness (QED) is 0.737. The van der Waals surface area contributed by atoms with Crippen molar-refractivity contribution in [2.75, 3.05) is 19.0 Å². The monoisotopic (exact) mass is 369 g/mol. The third-order valence-corrected chi connectivity index (χ3v) is 4.64. The standard InChI is InChI=1S/C21H23NO5/c1-13(21(24)25)15-5-7-16(8-6-15)22-20(23)18-10-9-17(26-2)11-19(18)27-12-14-3-4-14/h5-11,13-14H,3-4,12H2,1-2H3,(H,22,23)(H,24,25). The average molecular weight is 369 g/mol. The molecular weight excluding hydrogens is 346 g/mol. The van der Waals surface area contributed by atoms with E-state index in [1.54, 1.807) is 56.5 Å². The molecule has 0 radical (unpaired) electrons. The van der Waals surface area contributed by atoms with E-state index < -0.39 is 11.9 Å². The Balaban J connectivity index is 1.73. The SMILES string of the molecule is COc1ccc(C(=O)Nc2ccc(C(C)C(=O)O)cc2)c(OCC2CC2)c1. The molecule has 2 aromatic carbocycles. The molecule has 0 heterocycles. The lowest BCUT2D eigenvalue weighted by molar-refractivity contribution is -0.138. The van der Waals surface area contributed by atoms with Crippen LogP contribution in [0.2, 0.25) is 0 Å². The number of hydrogen-bond donors (Lipinski definition) is 2. The summed E-state index contributed by atoms with van der Waals surface area (Å²) in [6, 6.07) is 11.9. The fraction of sp³-hybridized carbons (Fsp3) is 0.333. The van der Waals surface area contributed by atoms with Crippen molar-refractivity contribution in [1.82, 2.24) is 0 Å². The largest absolute Gasteiger partial charge is 0.497 e. The van der Waals surface area contributed by atoms with Gasteiger partial charge in [-0.05, 0) is 55.5 Å². The van der Waals surface area contributed by atoms with E-state index in [9.17, 15) is 9.59 Å². The molecule has 0 aromatic heterocycles. The van der Waals surface area contributed by atoms with Crippen LogP contribution >= 0.6 is 0 Å². The molecule has 3 rings (SSSR count). The lowest BCUT2D eigenvalue weighted by Crippen LogP contribution is -2.14. The zero-order valence-corrected chi connectivity index (χ0v) is 15.4. The number of ether oxygens (including phenoxy) is 2. The van der Waals surface area contributed by atoms with Gasteiger partial charge in [0.1, 0.15) is 11.5 Å². The van der Waals surface area contributed by atoms with Crippen molar-refractivity contribution in [3.05, 3.63) is 53.6 Å². The van der Waals surface area contributed by atoms with Gasteiger partial charge in [-0.25, -0.2) is 0 Å². The maximum absolute atomic E-state index is 12.7. The summed E-state index contributed by atoms with van der Waals surface area (Å²) in [6.45, 7) is 2.21. The minimum Gasteiger partial charge on any atom is -0.497 e. The second-order valence-corrected chi connectivity index (χ2v) is 6.75. The van der Waals surface area contributed by atoms with Crippen LogP contribution in [0, 0.1) is 5.92 Å². The fourth-order valence-corrected chi connectivity index (χ4v) is 2.62. The lowest BCUT2D eigenvalue weighted by atomic mass is 10.0. The third kappa shape index (κ3) is 4.78. The highest BCUT2D eigenvalue weighted by atomic mass is 16.5. The molecule has 6 heteroatoms. The van der Waals surface area contributed by atoms with Crippen molar-refractivity contribution < 1.29 is 24.2 Å². The number of carbonyl (C=O) groups is 2. The molecule has 1 aliphatic rings. The lowest BCUT2D eigenvalue weighted by Gasteiger charge is -2.13. The first-order valence-electron chi connectivity index (χ1n) is 8.93. The van der Waals surface area contributed by atoms with Gasteiger partial charge >= 0.3 is 5.97 Å². The number of carbonyl (C=O) groups excluding carboxylic acids is 1. The van der Waals surface area contributed by atoms with Crippen LogP contribution in [0.5, 0.6) is 11.5 Å². The number of carboxylic acid groups (broad SMARTS) is 1. The Labute approximate surface area is 158 Å². The van der Waals surface area contributed by atoms with Crippen molar-refractivity contribution in [3.63, 3.8) is 0 Å². The van der Waals surface area contributed by atoms with Gasteiger partial charge in [0.25, 0.3) is 5.91 Å². The summed E-state index contributed by atoms with van der Waals surface area (Å²) in [5.41, 5.74) is 1.70. The molecule has 1 saturated carbocycles. The van der Waals surface area contributed by atoms with Gasteiger partial charge < -0.3 is 19.9 Å². The molecule has 0 bridgehead atoms. The maximum Gasteiger partial charge on any atom is 0.310 e. The number of hydrogen-bond acceptors (Lipinski definition) is 4. The summed E-state index contributed by atoms with van der Waals surface area (Å²) < 4.78 is 11.1. The fourth-order valence-electron chi connectivity index (χ4n) is 2.62. The molecule has 27 heavy (non-hydrogen) atoms. The highest BCUT2D eigenvalue weighted by Gasteiger charge is 2.23. The van der Waals surface area contributed by atoms with Crippen LogP contribution in [0.3, 0.4) is 0 Å². The van der Waals surface area contributed by atoms with Crippen LogP contribution in [0.15, 0.2) is 42.5 Å². The first-order valence-corrected chi connectivity index (χ1v) is 8.93. The maximum atomic E-state index is 12.7. The second-order valence-electron chi connectivity index (χ2n) is 6.75. The summed E-state index contributed by atoms with van der Waals surface area (Å²) >= 11 is 0. The van der Waals surface area contributed by atoms with Gasteiger partial charge in [-0.1, -0.05) is 12.1 Å². The van der Waals surface area contributed by atoms with Crippen LogP contribution < -0.4 is 14.8 Å². The van der Waals surface area contributed by atoms with E-state index in [0.717, 1.165) is 12.8 Å². The van der Waals surface area contributed by atoms with E-state index in [1.165, 1.54) is 0 Å². The van der Waals surface area contributed by atoms with Crippen LogP contribution in [0.25, 0.3) is 0 Å². The number of anilines is 1. The molecule has 1 unspecified atom stereocenters. The Morgan fingerprint density at radius 3 is 2.48 bits per heavy atom. The Morgan fingerprint density at radius 2 is 1.89 bits per heavy atom. The van der Waals surface area contributed by atoms with Gasteiger partial charge in [0.05, 0.1) is 25.2 Å². The Kier molecular flexibility index (Phi) is 5.64. The molecule has 1 amide bonds. The summed E-state index contributed by atoms with van der Waals surface area (Å²) in [5.74, 6) is -0.0844. The number of nitrogens with one attached hydrogen (secondary N) is 1. The summed E-state index contributed by atoms with van der Waals surface area (Å²) in [5, 5.41) is 11.9. The van der Waals surface area contributed by atoms with Gasteiger partial charge in [-0.3, -0.25) is 9.59 Å². The smallest absolute Gasteiger partial charge is 0.310 e. The van der Waals surface area contributed by atoms with Gasteiger partial charge in [-0.2, -0.15) is 0 Å². The Morgan fingerprint density at radius 1 is 1.19 bits per heavy atom. The van der Waals surface area contributed by atoms with Crippen LogP contribution in [0.1, 0.15) is 41.6 Å². The molecule has 1 atom stereocenters. The van der Waals surface area contributed by atoms with E-state index in [4.69, 9.17) is 14.6 Å². The molecule has 0 saturated heterocycles. The number of methoxy groups -OCH3 is 1. The molecule has 0 spiro atoms. The van der Waals surface area contributed by atoms with Crippen molar-refractivity contribution in [2.24, 2.45) is 5.92 Å². The third-order valence-electron chi connectivity index (χ3n) is 4.64. The topological polar surface area (TPSA) is 84.9 Å². The summed E-state index contributed by atoms with van der Waals surface area (Å²) in [6.07, 6.45) is 2.32. The Bertz CT molecular complexity index is 827. The van der Waals surface area contributed by atoms with Crippen LogP contribution in [-0.4, -0.2) is 30.7 Å². The van der Waals surface area contributed by atoms with Crippen molar-refractivity contribution in [1.29, 1.82) is 0 Å². The number of rotatable bonds is 8. The van der Waals surface area contributed by atoms with E-state index in [2.05, 4.69) is 5.32 Å². The minimum absolute atomic E-state index is 0.289. The van der Waals surface area contributed by atoms with E-state index in [-0.39, 0.29) is 5.91 Å². The van der Waals surface area contributed by atoms with E-state index in [1.807, 2.05) is 0 Å². The normalized spacial score (nSPS) is 14.3. The number of amides is 1. The molecular formula is C21H23NO5. The zero-order chi connectivity index (χ0) is 19.4. The van der Waals surface area contributed by atoms with Crippen molar-refractivity contribution in [3.8, 4) is 11.5 Å². The zero-order valence-electron chi connectivity index (χ0n) is 15.4. The minimum atomic E-state index is -0.887. The summed E-state index contributed by atoms with van der Waals surface area (Å²) in [4.78, 5) is 23.8. The molecule has 0 aliphatic heterocycles. The Hall–Kier alpha value is -3.02. The molecule has 1 fully saturated rings. The van der Waals surface area contributed by atoms with E-state index >= 15 is 0 Å². The molecule has 6 nitrogen and oxygen atoms in total.